The summed E-state index contributed by atoms with van der Waals surface area (Å²) in [6, 6.07) is 0. The van der Waals surface area contributed by atoms with E-state index in [9.17, 15) is 14.3 Å². The Labute approximate surface area is 162 Å². The minimum atomic E-state index is -3.86. The molecule has 2 rings (SSSR count). The maximum atomic E-state index is 12.0. The summed E-state index contributed by atoms with van der Waals surface area (Å²) >= 11 is 0. The monoisotopic (exact) mass is 411 g/mol. The minimum absolute atomic E-state index is 0.0126. The number of hydrogen-bond acceptors (Lipinski definition) is 7. The average molecular weight is 411 g/mol. The van der Waals surface area contributed by atoms with Crippen LogP contribution in [0.5, 0.6) is 0 Å². The van der Waals surface area contributed by atoms with Crippen LogP contribution in [0.1, 0.15) is 26.7 Å². The molecule has 0 aliphatic rings. The highest BCUT2D eigenvalue weighted by Gasteiger charge is 2.19. The summed E-state index contributed by atoms with van der Waals surface area (Å²) in [4.78, 5) is 31.9. The van der Waals surface area contributed by atoms with Crippen LogP contribution < -0.4 is 11.3 Å². The molecule has 0 fully saturated rings. The molecule has 154 valence electrons. The van der Waals surface area contributed by atoms with Crippen molar-refractivity contribution in [1.29, 1.82) is 0 Å². The maximum Gasteiger partial charge on any atom is 0.353 e. The van der Waals surface area contributed by atoms with Gasteiger partial charge in [0.05, 0.1) is 19.5 Å². The van der Waals surface area contributed by atoms with Crippen molar-refractivity contribution in [3.63, 3.8) is 0 Å². The van der Waals surface area contributed by atoms with Crippen molar-refractivity contribution in [2.24, 2.45) is 0 Å². The zero-order chi connectivity index (χ0) is 20.6. The number of nitrogens with zero attached hydrogens (tertiary/aromatic N) is 3. The molecule has 0 spiro atoms. The third-order valence-electron chi connectivity index (χ3n) is 3.69. The molecule has 0 bridgehead atoms. The molecular formula is C17H26N5O5P. The Kier molecular flexibility index (Phi) is 8.13. The molecule has 0 aliphatic carbocycles. The lowest BCUT2D eigenvalue weighted by Crippen LogP contribution is -2.13. The Hall–Kier alpha value is -2.26. The molecule has 1 atom stereocenters. The number of nitrogen functional groups attached to an aromatic ring is 1. The van der Waals surface area contributed by atoms with Gasteiger partial charge in [-0.25, -0.2) is 4.98 Å². The van der Waals surface area contributed by atoms with Gasteiger partial charge in [0.2, 0.25) is 5.95 Å². The molecule has 0 radical (unpaired) electrons. The van der Waals surface area contributed by atoms with Gasteiger partial charge in [0.25, 0.3) is 5.56 Å². The van der Waals surface area contributed by atoms with Crippen LogP contribution in [0.2, 0.25) is 0 Å². The lowest BCUT2D eigenvalue weighted by atomic mass is 10.2. The van der Waals surface area contributed by atoms with Gasteiger partial charge in [-0.05, 0) is 18.9 Å². The smallest absolute Gasteiger partial charge is 0.353 e. The van der Waals surface area contributed by atoms with Gasteiger partial charge in [0.15, 0.2) is 11.2 Å². The fraction of sp³-hybridized carbons (Fsp3) is 0.471. The number of hydrogen-bond donors (Lipinski definition) is 3. The van der Waals surface area contributed by atoms with Crippen LogP contribution in [-0.2, 0) is 20.4 Å². The lowest BCUT2D eigenvalue weighted by Gasteiger charge is -2.13. The summed E-state index contributed by atoms with van der Waals surface area (Å²) in [5.74, 6) is -0.0126. The van der Waals surface area contributed by atoms with E-state index in [4.69, 9.17) is 15.0 Å². The topological polar surface area (TPSA) is 145 Å². The molecule has 11 heteroatoms. The van der Waals surface area contributed by atoms with E-state index in [1.807, 2.05) is 25.2 Å². The number of imidazole rings is 1. The second-order valence-corrected chi connectivity index (χ2v) is 8.03. The first kappa shape index (κ1) is 22.0. The van der Waals surface area contributed by atoms with E-state index in [0.29, 0.717) is 5.65 Å². The highest BCUT2D eigenvalue weighted by Crippen LogP contribution is 2.42. The molecule has 0 aliphatic heterocycles. The molecular weight excluding hydrogens is 385 g/mol. The molecule has 0 saturated carbocycles. The second kappa shape index (κ2) is 10.3. The van der Waals surface area contributed by atoms with E-state index in [1.165, 1.54) is 6.33 Å². The Bertz CT molecular complexity index is 949. The number of ether oxygens (including phenoxy) is 1. The molecule has 0 amide bonds. The first-order valence-corrected chi connectivity index (χ1v) is 10.7. The largest absolute Gasteiger partial charge is 0.369 e. The number of allylic oxidation sites excluding steroid dienone is 3. The fourth-order valence-corrected chi connectivity index (χ4v) is 3.10. The van der Waals surface area contributed by atoms with Gasteiger partial charge in [-0.3, -0.25) is 14.3 Å². The van der Waals surface area contributed by atoms with E-state index >= 15 is 0 Å². The van der Waals surface area contributed by atoms with Crippen molar-refractivity contribution in [2.45, 2.75) is 33.2 Å². The highest BCUT2D eigenvalue weighted by atomic mass is 31.2. The van der Waals surface area contributed by atoms with Gasteiger partial charge in [-0.2, -0.15) is 4.98 Å². The number of anilines is 1. The quantitative estimate of drug-likeness (QED) is 0.290. The minimum Gasteiger partial charge on any atom is -0.369 e. The standard InChI is InChI=1S/C17H26N5O5P/c1-3-4-5-6-7-13(2)10-27-28(24,25)12-26-9-8-22-11-19-14-15(22)20-17(18)21-16(14)23/h5-7,11H,3-4,8-10,12H2,1-2H3,(H,24,25)(H3,18,20,21,23)/b6-5-,13-7+. The molecule has 0 saturated heterocycles. The molecule has 2 aromatic rings. The van der Waals surface area contributed by atoms with Crippen molar-refractivity contribution in [2.75, 3.05) is 25.3 Å². The summed E-state index contributed by atoms with van der Waals surface area (Å²) in [5.41, 5.74) is 6.43. The Morgan fingerprint density at radius 3 is 3.04 bits per heavy atom. The zero-order valence-corrected chi connectivity index (χ0v) is 16.9. The molecule has 0 aromatic carbocycles. The normalized spacial score (nSPS) is 14.8. The predicted molar refractivity (Wildman–Crippen MR) is 107 cm³/mol. The van der Waals surface area contributed by atoms with Gasteiger partial charge in [-0.15, -0.1) is 0 Å². The summed E-state index contributed by atoms with van der Waals surface area (Å²) in [5, 5.41) is 0. The van der Waals surface area contributed by atoms with Gasteiger partial charge in [0, 0.05) is 6.54 Å². The van der Waals surface area contributed by atoms with E-state index in [1.54, 1.807) is 4.57 Å². The first-order valence-electron chi connectivity index (χ1n) is 8.89. The molecule has 1 unspecified atom stereocenters. The maximum absolute atomic E-state index is 12.0. The van der Waals surface area contributed by atoms with Crippen molar-refractivity contribution in [1.82, 2.24) is 19.5 Å². The molecule has 2 aromatic heterocycles. The number of nitrogens with one attached hydrogen (secondary N) is 1. The fourth-order valence-electron chi connectivity index (χ4n) is 2.26. The van der Waals surface area contributed by atoms with E-state index in [0.717, 1.165) is 18.4 Å². The van der Waals surface area contributed by atoms with Crippen LogP contribution in [0.3, 0.4) is 0 Å². The predicted octanol–water partition coefficient (Wildman–Crippen LogP) is 2.18. The van der Waals surface area contributed by atoms with Crippen LogP contribution in [0, 0.1) is 0 Å². The van der Waals surface area contributed by atoms with E-state index < -0.39 is 19.5 Å². The number of nitrogens with two attached hydrogens (primary N) is 1. The third-order valence-corrected chi connectivity index (χ3v) is 4.73. The van der Waals surface area contributed by atoms with Gasteiger partial charge >= 0.3 is 7.60 Å². The zero-order valence-electron chi connectivity index (χ0n) is 16.0. The van der Waals surface area contributed by atoms with E-state index in [-0.39, 0.29) is 31.2 Å². The number of unbranched alkanes of at least 4 members (excludes halogenated alkanes) is 1. The molecule has 10 nitrogen and oxygen atoms in total. The van der Waals surface area contributed by atoms with Crippen LogP contribution >= 0.6 is 7.60 Å². The second-order valence-electron chi connectivity index (χ2n) is 6.24. The molecule has 2 heterocycles. The van der Waals surface area contributed by atoms with Gasteiger partial charge < -0.3 is 24.5 Å². The number of rotatable bonds is 11. The Morgan fingerprint density at radius 1 is 1.50 bits per heavy atom. The first-order chi connectivity index (χ1) is 13.3. The number of aromatic amines is 1. The number of aromatic nitrogens is 4. The van der Waals surface area contributed by atoms with Crippen LogP contribution in [-0.4, -0.2) is 44.0 Å². The van der Waals surface area contributed by atoms with Gasteiger partial charge in [-0.1, -0.05) is 31.6 Å². The summed E-state index contributed by atoms with van der Waals surface area (Å²) in [6.45, 7) is 4.36. The highest BCUT2D eigenvalue weighted by molar-refractivity contribution is 7.52. The Morgan fingerprint density at radius 2 is 2.29 bits per heavy atom. The molecule has 28 heavy (non-hydrogen) atoms. The van der Waals surface area contributed by atoms with Crippen LogP contribution in [0.15, 0.2) is 34.9 Å². The van der Waals surface area contributed by atoms with Crippen molar-refractivity contribution in [3.05, 3.63) is 40.5 Å². The third kappa shape index (κ3) is 6.72. The van der Waals surface area contributed by atoms with Crippen molar-refractivity contribution in [3.8, 4) is 0 Å². The van der Waals surface area contributed by atoms with Crippen molar-refractivity contribution < 1.29 is 18.7 Å². The van der Waals surface area contributed by atoms with Crippen LogP contribution in [0.25, 0.3) is 11.2 Å². The lowest BCUT2D eigenvalue weighted by molar-refractivity contribution is 0.140. The van der Waals surface area contributed by atoms with Crippen molar-refractivity contribution >= 4 is 24.7 Å². The summed E-state index contributed by atoms with van der Waals surface area (Å²) in [7, 11) is -3.86. The van der Waals surface area contributed by atoms with Crippen LogP contribution in [0.4, 0.5) is 5.95 Å². The number of H-pyrrole nitrogens is 1. The summed E-state index contributed by atoms with van der Waals surface area (Å²) < 4.78 is 23.9. The van der Waals surface area contributed by atoms with E-state index in [2.05, 4.69) is 21.9 Å². The Balaban J connectivity index is 1.79. The number of fused-ring (bicyclic) bond motifs is 1. The average Bonchev–Trinajstić information content (AvgIpc) is 3.04. The molecule has 4 N–H and O–H groups in total. The summed E-state index contributed by atoms with van der Waals surface area (Å²) in [6.07, 6.45) is 8.84. The van der Waals surface area contributed by atoms with Gasteiger partial charge in [0.1, 0.15) is 6.35 Å². The SMILES string of the molecule is CCC/C=C\C=C(/C)COP(=O)(O)COCCn1cnc2c(=O)[nH]c(N)nc21.